The molecule has 1 aromatic heterocycles. The molecule has 2 aromatic rings. The van der Waals surface area contributed by atoms with Crippen LogP contribution in [-0.4, -0.2) is 9.78 Å². The van der Waals surface area contributed by atoms with Gasteiger partial charge in [0.25, 0.3) is 0 Å². The van der Waals surface area contributed by atoms with Gasteiger partial charge < -0.3 is 0 Å². The fourth-order valence-electron chi connectivity index (χ4n) is 1.59. The van der Waals surface area contributed by atoms with Crippen molar-refractivity contribution in [2.24, 2.45) is 0 Å². The topological polar surface area (TPSA) is 41.6 Å². The smallest absolute Gasteiger partial charge is 0.101 e. The van der Waals surface area contributed by atoms with Gasteiger partial charge in [-0.25, -0.2) is 0 Å². The molecule has 0 aliphatic carbocycles. The Labute approximate surface area is 82.6 Å². The third kappa shape index (κ3) is 1.16. The lowest BCUT2D eigenvalue weighted by Crippen LogP contribution is -2.03. The fourth-order valence-corrected chi connectivity index (χ4v) is 1.59. The van der Waals surface area contributed by atoms with Gasteiger partial charge >= 0.3 is 0 Å². The highest BCUT2D eigenvalue weighted by atomic mass is 15.3. The molecule has 3 heteroatoms. The van der Waals surface area contributed by atoms with Crippen molar-refractivity contribution in [3.05, 3.63) is 30.0 Å². The Morgan fingerprint density at radius 2 is 2.21 bits per heavy atom. The van der Waals surface area contributed by atoms with Gasteiger partial charge in [-0.1, -0.05) is 12.1 Å². The molecule has 0 atom stereocenters. The second kappa shape index (κ2) is 3.15. The highest BCUT2D eigenvalue weighted by Crippen LogP contribution is 2.20. The van der Waals surface area contributed by atoms with Crippen LogP contribution in [0.1, 0.15) is 25.5 Å². The van der Waals surface area contributed by atoms with E-state index in [0.29, 0.717) is 5.56 Å². The number of para-hydroxylation sites is 1. The maximum absolute atomic E-state index is 8.97. The summed E-state index contributed by atoms with van der Waals surface area (Å²) in [5.74, 6) is 0. The molecule has 0 fully saturated rings. The zero-order valence-corrected chi connectivity index (χ0v) is 8.23. The molecule has 1 aromatic carbocycles. The van der Waals surface area contributed by atoms with Gasteiger partial charge in [0.15, 0.2) is 0 Å². The van der Waals surface area contributed by atoms with Crippen LogP contribution in [0.15, 0.2) is 24.4 Å². The first kappa shape index (κ1) is 8.76. The van der Waals surface area contributed by atoms with Crippen molar-refractivity contribution in [1.29, 1.82) is 5.26 Å². The number of hydrogen-bond donors (Lipinski definition) is 0. The number of rotatable bonds is 1. The summed E-state index contributed by atoms with van der Waals surface area (Å²) in [5.41, 5.74) is 1.62. The van der Waals surface area contributed by atoms with E-state index < -0.39 is 0 Å². The zero-order chi connectivity index (χ0) is 10.1. The van der Waals surface area contributed by atoms with Crippen LogP contribution in [-0.2, 0) is 0 Å². The standard InChI is InChI=1S/C11H11N3/c1-8(2)14-11-9(6-12)4-3-5-10(11)7-13-14/h3-5,7-8H,1-2H3. The molecule has 0 amide bonds. The largest absolute Gasteiger partial charge is 0.261 e. The normalized spacial score (nSPS) is 10.7. The first-order valence-corrected chi connectivity index (χ1v) is 4.60. The van der Waals surface area contributed by atoms with Crippen LogP contribution < -0.4 is 0 Å². The lowest BCUT2D eigenvalue weighted by atomic mass is 10.1. The lowest BCUT2D eigenvalue weighted by molar-refractivity contribution is 0.550. The van der Waals surface area contributed by atoms with Crippen molar-refractivity contribution in [2.45, 2.75) is 19.9 Å². The minimum atomic E-state index is 0.280. The second-order valence-corrected chi connectivity index (χ2v) is 3.54. The molecule has 2 rings (SSSR count). The van der Waals surface area contributed by atoms with Gasteiger partial charge in [-0.3, -0.25) is 4.68 Å². The third-order valence-electron chi connectivity index (χ3n) is 2.23. The van der Waals surface area contributed by atoms with Crippen molar-refractivity contribution in [3.8, 4) is 6.07 Å². The molecular weight excluding hydrogens is 174 g/mol. The van der Waals surface area contributed by atoms with Crippen molar-refractivity contribution in [1.82, 2.24) is 9.78 Å². The van der Waals surface area contributed by atoms with Crippen LogP contribution in [0.25, 0.3) is 10.9 Å². The second-order valence-electron chi connectivity index (χ2n) is 3.54. The molecule has 0 unspecified atom stereocenters. The van der Waals surface area contributed by atoms with E-state index >= 15 is 0 Å². The number of nitriles is 1. The molecular formula is C11H11N3. The molecule has 0 saturated carbocycles. The quantitative estimate of drug-likeness (QED) is 0.684. The Hall–Kier alpha value is -1.82. The molecule has 0 radical (unpaired) electrons. The maximum Gasteiger partial charge on any atom is 0.101 e. The van der Waals surface area contributed by atoms with E-state index in [1.165, 1.54) is 0 Å². The summed E-state index contributed by atoms with van der Waals surface area (Å²) in [4.78, 5) is 0. The summed E-state index contributed by atoms with van der Waals surface area (Å²) in [6.45, 7) is 4.11. The minimum absolute atomic E-state index is 0.280. The monoisotopic (exact) mass is 185 g/mol. The number of fused-ring (bicyclic) bond motifs is 1. The molecule has 3 nitrogen and oxygen atoms in total. The number of hydrogen-bond acceptors (Lipinski definition) is 2. The Kier molecular flexibility index (Phi) is 1.97. The first-order valence-electron chi connectivity index (χ1n) is 4.60. The van der Waals surface area contributed by atoms with Gasteiger partial charge in [-0.2, -0.15) is 10.4 Å². The Morgan fingerprint density at radius 3 is 2.86 bits per heavy atom. The molecule has 0 aliphatic rings. The Balaban J connectivity index is 2.83. The van der Waals surface area contributed by atoms with Crippen molar-refractivity contribution in [2.75, 3.05) is 0 Å². The average Bonchev–Trinajstić information content (AvgIpc) is 2.60. The van der Waals surface area contributed by atoms with E-state index in [1.807, 2.05) is 22.9 Å². The summed E-state index contributed by atoms with van der Waals surface area (Å²) in [6.07, 6.45) is 1.80. The number of benzene rings is 1. The van der Waals surface area contributed by atoms with E-state index in [2.05, 4.69) is 25.0 Å². The van der Waals surface area contributed by atoms with Crippen LogP contribution in [0.5, 0.6) is 0 Å². The van der Waals surface area contributed by atoms with E-state index in [1.54, 1.807) is 6.20 Å². The molecule has 0 saturated heterocycles. The van der Waals surface area contributed by atoms with Gasteiger partial charge in [0.05, 0.1) is 17.3 Å². The van der Waals surface area contributed by atoms with Crippen molar-refractivity contribution < 1.29 is 0 Å². The van der Waals surface area contributed by atoms with E-state index in [4.69, 9.17) is 5.26 Å². The molecule has 0 spiro atoms. The lowest BCUT2D eigenvalue weighted by Gasteiger charge is -2.07. The first-order chi connectivity index (χ1) is 6.74. The van der Waals surface area contributed by atoms with Crippen LogP contribution in [0.4, 0.5) is 0 Å². The molecule has 14 heavy (non-hydrogen) atoms. The van der Waals surface area contributed by atoms with Gasteiger partial charge in [0.1, 0.15) is 6.07 Å². The van der Waals surface area contributed by atoms with E-state index in [9.17, 15) is 0 Å². The predicted octanol–water partition coefficient (Wildman–Crippen LogP) is 2.49. The van der Waals surface area contributed by atoms with E-state index in [0.717, 1.165) is 10.9 Å². The molecule has 70 valence electrons. The van der Waals surface area contributed by atoms with Gasteiger partial charge in [-0.15, -0.1) is 0 Å². The number of nitrogens with zero attached hydrogens (tertiary/aromatic N) is 3. The van der Waals surface area contributed by atoms with Crippen LogP contribution in [0.2, 0.25) is 0 Å². The Bertz CT molecular complexity index is 503. The van der Waals surface area contributed by atoms with Crippen molar-refractivity contribution in [3.63, 3.8) is 0 Å². The third-order valence-corrected chi connectivity index (χ3v) is 2.23. The SMILES string of the molecule is CC(C)n1ncc2cccc(C#N)c21. The summed E-state index contributed by atoms with van der Waals surface area (Å²) in [7, 11) is 0. The van der Waals surface area contributed by atoms with E-state index in [-0.39, 0.29) is 6.04 Å². The highest BCUT2D eigenvalue weighted by Gasteiger charge is 2.09. The van der Waals surface area contributed by atoms with Crippen LogP contribution in [0.3, 0.4) is 0 Å². The number of aromatic nitrogens is 2. The summed E-state index contributed by atoms with van der Waals surface area (Å²) in [5, 5.41) is 14.3. The van der Waals surface area contributed by atoms with Gasteiger partial charge in [0.2, 0.25) is 0 Å². The summed E-state index contributed by atoms with van der Waals surface area (Å²) in [6, 6.07) is 8.15. The highest BCUT2D eigenvalue weighted by molar-refractivity contribution is 5.84. The Morgan fingerprint density at radius 1 is 1.43 bits per heavy atom. The van der Waals surface area contributed by atoms with Crippen LogP contribution >= 0.6 is 0 Å². The molecule has 0 aliphatic heterocycles. The van der Waals surface area contributed by atoms with Crippen molar-refractivity contribution >= 4 is 10.9 Å². The molecule has 1 heterocycles. The van der Waals surface area contributed by atoms with Gasteiger partial charge in [0, 0.05) is 11.4 Å². The predicted molar refractivity (Wildman–Crippen MR) is 54.8 cm³/mol. The molecule has 0 N–H and O–H groups in total. The van der Waals surface area contributed by atoms with Gasteiger partial charge in [-0.05, 0) is 19.9 Å². The van der Waals surface area contributed by atoms with Crippen LogP contribution in [0, 0.1) is 11.3 Å². The molecule has 0 bridgehead atoms. The average molecular weight is 185 g/mol. The fraction of sp³-hybridized carbons (Fsp3) is 0.273. The maximum atomic E-state index is 8.97. The minimum Gasteiger partial charge on any atom is -0.261 e. The summed E-state index contributed by atoms with van der Waals surface area (Å²) < 4.78 is 1.88. The summed E-state index contributed by atoms with van der Waals surface area (Å²) >= 11 is 0. The zero-order valence-electron chi connectivity index (χ0n) is 8.23.